The van der Waals surface area contributed by atoms with E-state index in [4.69, 9.17) is 5.14 Å². The Morgan fingerprint density at radius 1 is 1.03 bits per heavy atom. The molecule has 0 saturated carbocycles. The first-order valence-electron chi connectivity index (χ1n) is 11.2. The molecule has 1 heterocycles. The molecule has 0 saturated heterocycles. The molecule has 2 aromatic carbocycles. The van der Waals surface area contributed by atoms with Crippen LogP contribution in [0.1, 0.15) is 58.1 Å². The van der Waals surface area contributed by atoms with Crippen LogP contribution in [-0.4, -0.2) is 20.2 Å². The molecular weight excluding hydrogens is 464 g/mol. The topological polar surface area (TPSA) is 48.0 Å². The highest BCUT2D eigenvalue weighted by atomic mass is 32.2. The fourth-order valence-electron chi connectivity index (χ4n) is 4.36. The van der Waals surface area contributed by atoms with E-state index < -0.39 is 40.1 Å². The summed E-state index contributed by atoms with van der Waals surface area (Å²) in [6.45, 7) is 9.61. The van der Waals surface area contributed by atoms with E-state index in [-0.39, 0.29) is 17.4 Å². The third kappa shape index (κ3) is 5.71. The van der Waals surface area contributed by atoms with Crippen molar-refractivity contribution in [2.75, 3.05) is 6.67 Å². The van der Waals surface area contributed by atoms with Gasteiger partial charge in [0.1, 0.15) is 0 Å². The van der Waals surface area contributed by atoms with Crippen molar-refractivity contribution in [3.05, 3.63) is 59.8 Å². The number of fused-ring (bicyclic) bond motifs is 1. The van der Waals surface area contributed by atoms with Crippen molar-refractivity contribution in [1.82, 2.24) is 4.57 Å². The minimum absolute atomic E-state index is 0.101. The molecule has 3 rings (SSSR count). The number of alkyl halides is 4. The van der Waals surface area contributed by atoms with Crippen LogP contribution in [0.2, 0.25) is 0 Å². The van der Waals surface area contributed by atoms with Crippen LogP contribution in [0.3, 0.4) is 0 Å². The molecule has 2 N–H and O–H groups in total. The summed E-state index contributed by atoms with van der Waals surface area (Å²) in [6, 6.07) is 10.7. The molecular formula is C26H32F4N2OS. The molecule has 34 heavy (non-hydrogen) atoms. The van der Waals surface area contributed by atoms with Crippen LogP contribution in [-0.2, 0) is 23.7 Å². The van der Waals surface area contributed by atoms with E-state index in [1.54, 1.807) is 38.1 Å². The number of hydrogen-bond acceptors (Lipinski definition) is 1. The van der Waals surface area contributed by atoms with E-state index >= 15 is 0 Å². The van der Waals surface area contributed by atoms with Crippen molar-refractivity contribution in [2.24, 2.45) is 10.6 Å². The normalized spacial score (nSPS) is 15.0. The van der Waals surface area contributed by atoms with Crippen LogP contribution >= 0.6 is 0 Å². The molecule has 186 valence electrons. The van der Waals surface area contributed by atoms with Gasteiger partial charge in [-0.1, -0.05) is 51.1 Å². The van der Waals surface area contributed by atoms with Gasteiger partial charge < -0.3 is 4.57 Å². The average molecular weight is 497 g/mol. The zero-order chi connectivity index (χ0) is 25.5. The van der Waals surface area contributed by atoms with Crippen LogP contribution in [0.15, 0.2) is 48.7 Å². The fraction of sp³-hybridized carbons (Fsp3) is 0.462. The van der Waals surface area contributed by atoms with E-state index in [1.165, 1.54) is 12.1 Å². The van der Waals surface area contributed by atoms with Crippen LogP contribution in [0.5, 0.6) is 0 Å². The number of rotatable bonds is 7. The first kappa shape index (κ1) is 26.4. The Hall–Kier alpha value is -2.19. The molecule has 1 unspecified atom stereocenters. The molecule has 0 aliphatic heterocycles. The summed E-state index contributed by atoms with van der Waals surface area (Å²) in [5.74, 6) is -0.542. The summed E-state index contributed by atoms with van der Waals surface area (Å²) in [6.07, 6.45) is -2.32. The molecule has 1 aromatic heterocycles. The van der Waals surface area contributed by atoms with Gasteiger partial charge >= 0.3 is 6.18 Å². The third-order valence-corrected chi connectivity index (χ3v) is 7.27. The van der Waals surface area contributed by atoms with Gasteiger partial charge in [-0.05, 0) is 54.5 Å². The first-order chi connectivity index (χ1) is 15.6. The Kier molecular flexibility index (Phi) is 7.35. The van der Waals surface area contributed by atoms with Gasteiger partial charge in [-0.25, -0.2) is 4.21 Å². The summed E-state index contributed by atoms with van der Waals surface area (Å²) in [5.41, 5.74) is 1.22. The van der Waals surface area contributed by atoms with Crippen molar-refractivity contribution < 1.29 is 21.8 Å². The molecule has 3 aromatic rings. The zero-order valence-corrected chi connectivity index (χ0v) is 21.0. The number of hydrogen-bond donors (Lipinski definition) is 1. The molecule has 2 atom stereocenters. The van der Waals surface area contributed by atoms with Gasteiger partial charge in [0.05, 0.1) is 28.0 Å². The number of benzene rings is 2. The van der Waals surface area contributed by atoms with Crippen molar-refractivity contribution >= 4 is 21.9 Å². The number of nitrogens with two attached hydrogens (primary N) is 1. The van der Waals surface area contributed by atoms with Crippen molar-refractivity contribution in [3.8, 4) is 11.1 Å². The van der Waals surface area contributed by atoms with Crippen LogP contribution < -0.4 is 5.14 Å². The molecule has 8 heteroatoms. The highest BCUT2D eigenvalue weighted by molar-refractivity contribution is 7.84. The summed E-state index contributed by atoms with van der Waals surface area (Å²) in [7, 11) is -1.63. The minimum Gasteiger partial charge on any atom is -0.347 e. The summed E-state index contributed by atoms with van der Waals surface area (Å²) < 4.78 is 68.4. The maximum Gasteiger partial charge on any atom is 0.417 e. The van der Waals surface area contributed by atoms with Crippen LogP contribution in [0, 0.1) is 5.41 Å². The molecule has 0 radical (unpaired) electrons. The molecule has 3 nitrogen and oxygen atoms in total. The Labute approximate surface area is 200 Å². The second-order valence-corrected chi connectivity index (χ2v) is 12.4. The van der Waals surface area contributed by atoms with E-state index in [9.17, 15) is 21.8 Å². The summed E-state index contributed by atoms with van der Waals surface area (Å²) in [4.78, 5) is 0. The second-order valence-electron chi connectivity index (χ2n) is 10.7. The number of nitrogens with zero attached hydrogens (tertiary/aromatic N) is 1. The molecule has 0 amide bonds. The lowest BCUT2D eigenvalue weighted by molar-refractivity contribution is -0.137. The van der Waals surface area contributed by atoms with Gasteiger partial charge in [0.15, 0.2) is 0 Å². The van der Waals surface area contributed by atoms with E-state index in [1.807, 2.05) is 10.8 Å². The standard InChI is InChI=1S/C26H32F4N2OS/c1-24(2,3)16-32-15-21(18(14-27)13-25(4,5)34(31)33)20-11-10-17(12-23(20)32)19-8-6-7-9-22(19)26(28,29)30/h6-12,15,18H,13-14,16,31H2,1-5H3/t18-,34?/m1/s1. The van der Waals surface area contributed by atoms with Crippen molar-refractivity contribution in [1.29, 1.82) is 0 Å². The van der Waals surface area contributed by atoms with E-state index in [0.717, 1.165) is 22.5 Å². The SMILES string of the molecule is CC(C)(C)Cn1cc([C@@H](CF)CC(C)(C)S(N)=O)c2ccc(-c3ccccc3C(F)(F)F)cc21. The van der Waals surface area contributed by atoms with Gasteiger partial charge in [0, 0.05) is 29.6 Å². The number of halogens is 4. The van der Waals surface area contributed by atoms with Gasteiger partial charge in [0.2, 0.25) is 0 Å². The van der Waals surface area contributed by atoms with Crippen molar-refractivity contribution in [3.63, 3.8) is 0 Å². The highest BCUT2D eigenvalue weighted by Gasteiger charge is 2.34. The van der Waals surface area contributed by atoms with Gasteiger partial charge in [0.25, 0.3) is 0 Å². The third-order valence-electron chi connectivity index (χ3n) is 6.01. The maximum atomic E-state index is 14.3. The Bertz CT molecular complexity index is 1190. The molecule has 0 fully saturated rings. The average Bonchev–Trinajstić information content (AvgIpc) is 3.07. The Morgan fingerprint density at radius 2 is 1.68 bits per heavy atom. The quantitative estimate of drug-likeness (QED) is 0.345. The molecule has 0 bridgehead atoms. The Balaban J connectivity index is 2.21. The first-order valence-corrected chi connectivity index (χ1v) is 12.4. The lowest BCUT2D eigenvalue weighted by atomic mass is 9.90. The van der Waals surface area contributed by atoms with Crippen LogP contribution in [0.25, 0.3) is 22.0 Å². The second kappa shape index (κ2) is 9.46. The fourth-order valence-corrected chi connectivity index (χ4v) is 4.73. The minimum atomic E-state index is -4.48. The molecule has 0 aliphatic rings. The van der Waals surface area contributed by atoms with Gasteiger partial charge in [-0.15, -0.1) is 0 Å². The van der Waals surface area contributed by atoms with Gasteiger partial charge in [-0.3, -0.25) is 9.53 Å². The lowest BCUT2D eigenvalue weighted by Gasteiger charge is -2.25. The maximum absolute atomic E-state index is 14.3. The largest absolute Gasteiger partial charge is 0.417 e. The van der Waals surface area contributed by atoms with Crippen LogP contribution in [0.4, 0.5) is 17.6 Å². The summed E-state index contributed by atoms with van der Waals surface area (Å²) in [5, 5.41) is 6.42. The van der Waals surface area contributed by atoms with Gasteiger partial charge in [-0.2, -0.15) is 13.2 Å². The predicted octanol–water partition coefficient (Wildman–Crippen LogP) is 7.22. The molecule has 0 spiro atoms. The van der Waals surface area contributed by atoms with E-state index in [0.29, 0.717) is 12.1 Å². The Morgan fingerprint density at radius 3 is 2.24 bits per heavy atom. The smallest absolute Gasteiger partial charge is 0.347 e. The lowest BCUT2D eigenvalue weighted by Crippen LogP contribution is -2.34. The monoisotopic (exact) mass is 496 g/mol. The predicted molar refractivity (Wildman–Crippen MR) is 132 cm³/mol. The number of aromatic nitrogens is 1. The van der Waals surface area contributed by atoms with E-state index in [2.05, 4.69) is 20.8 Å². The molecule has 0 aliphatic carbocycles. The highest BCUT2D eigenvalue weighted by Crippen LogP contribution is 2.40. The van der Waals surface area contributed by atoms with Crippen molar-refractivity contribution in [2.45, 2.75) is 64.4 Å². The zero-order valence-electron chi connectivity index (χ0n) is 20.2. The summed E-state index contributed by atoms with van der Waals surface area (Å²) >= 11 is 0.